The molecule has 0 spiro atoms. The van der Waals surface area contributed by atoms with Crippen LogP contribution >= 0.6 is 15.9 Å². The minimum Gasteiger partial charge on any atom is -0.0622 e. The first-order chi connectivity index (χ1) is 19.2. The van der Waals surface area contributed by atoms with E-state index in [1.165, 1.54) is 33.4 Å². The molecule has 6 rings (SSSR count). The van der Waals surface area contributed by atoms with Gasteiger partial charge in [0.05, 0.1) is 0 Å². The highest BCUT2D eigenvalue weighted by atomic mass is 79.9. The van der Waals surface area contributed by atoms with Gasteiger partial charge in [0.15, 0.2) is 0 Å². The summed E-state index contributed by atoms with van der Waals surface area (Å²) in [5.74, 6) is 6.60. The van der Waals surface area contributed by atoms with Gasteiger partial charge in [0.25, 0.3) is 0 Å². The van der Waals surface area contributed by atoms with Crippen LogP contribution in [0.3, 0.4) is 0 Å². The highest BCUT2D eigenvalue weighted by Crippen LogP contribution is 2.37. The zero-order chi connectivity index (χ0) is 26.4. The summed E-state index contributed by atoms with van der Waals surface area (Å²) in [6.07, 6.45) is 0. The van der Waals surface area contributed by atoms with Gasteiger partial charge in [0.2, 0.25) is 0 Å². The minimum atomic E-state index is 0.992. The van der Waals surface area contributed by atoms with Gasteiger partial charge in [0, 0.05) is 15.6 Å². The fourth-order valence-electron chi connectivity index (χ4n) is 4.75. The molecule has 0 saturated heterocycles. The molecule has 0 aliphatic heterocycles. The maximum atomic E-state index is 3.81. The third-order valence-corrected chi connectivity index (χ3v) is 7.44. The van der Waals surface area contributed by atoms with E-state index in [2.05, 4.69) is 149 Å². The Kier molecular flexibility index (Phi) is 7.21. The fraction of sp³-hybridized carbons (Fsp3) is 0. The lowest BCUT2D eigenvalue weighted by Gasteiger charge is -2.13. The topological polar surface area (TPSA) is 0 Å². The Balaban J connectivity index is 1.43. The second-order valence-corrected chi connectivity index (χ2v) is 10.3. The van der Waals surface area contributed by atoms with Crippen molar-refractivity contribution in [3.05, 3.63) is 167 Å². The van der Waals surface area contributed by atoms with Gasteiger partial charge in [-0.3, -0.25) is 0 Å². The molecule has 6 aromatic carbocycles. The van der Waals surface area contributed by atoms with Gasteiger partial charge in [-0.05, 0) is 99.1 Å². The molecule has 0 aromatic heterocycles. The summed E-state index contributed by atoms with van der Waals surface area (Å²) in [6, 6.07) is 53.2. The SMILES string of the molecule is Brc1ccc(-c2cc(-c3ccccc3)cc(-c3ccccc3)c2)cc1-c1cccc(C#Cc2ccccc2)c1. The molecule has 6 aromatic rings. The smallest absolute Gasteiger partial charge is 0.0255 e. The summed E-state index contributed by atoms with van der Waals surface area (Å²) in [5, 5.41) is 0. The van der Waals surface area contributed by atoms with Gasteiger partial charge < -0.3 is 0 Å². The quantitative estimate of drug-likeness (QED) is 0.188. The van der Waals surface area contributed by atoms with Crippen LogP contribution in [0.25, 0.3) is 44.5 Å². The normalized spacial score (nSPS) is 10.5. The Bertz CT molecular complexity index is 1730. The van der Waals surface area contributed by atoms with E-state index in [1.54, 1.807) is 0 Å². The van der Waals surface area contributed by atoms with Crippen molar-refractivity contribution >= 4 is 15.9 Å². The van der Waals surface area contributed by atoms with E-state index in [-0.39, 0.29) is 0 Å². The molecular formula is C38H25Br. The molecule has 0 aliphatic rings. The lowest BCUT2D eigenvalue weighted by Crippen LogP contribution is -1.88. The third-order valence-electron chi connectivity index (χ3n) is 6.75. The fourth-order valence-corrected chi connectivity index (χ4v) is 5.22. The molecule has 0 nitrogen and oxygen atoms in total. The Morgan fingerprint density at radius 3 is 1.44 bits per heavy atom. The number of hydrogen-bond acceptors (Lipinski definition) is 0. The van der Waals surface area contributed by atoms with Crippen LogP contribution in [0.2, 0.25) is 0 Å². The van der Waals surface area contributed by atoms with Crippen molar-refractivity contribution in [3.63, 3.8) is 0 Å². The van der Waals surface area contributed by atoms with Crippen LogP contribution in [0.15, 0.2) is 156 Å². The van der Waals surface area contributed by atoms with Crippen LogP contribution in [0.1, 0.15) is 11.1 Å². The molecule has 0 N–H and O–H groups in total. The van der Waals surface area contributed by atoms with Crippen LogP contribution in [0.4, 0.5) is 0 Å². The van der Waals surface area contributed by atoms with Crippen molar-refractivity contribution in [2.45, 2.75) is 0 Å². The van der Waals surface area contributed by atoms with Gasteiger partial charge in [-0.15, -0.1) is 0 Å². The van der Waals surface area contributed by atoms with E-state index in [1.807, 2.05) is 30.3 Å². The summed E-state index contributed by atoms with van der Waals surface area (Å²) >= 11 is 3.81. The zero-order valence-corrected chi connectivity index (χ0v) is 22.9. The summed E-state index contributed by atoms with van der Waals surface area (Å²) < 4.78 is 1.06. The number of benzene rings is 6. The largest absolute Gasteiger partial charge is 0.0622 e. The molecule has 0 aliphatic carbocycles. The van der Waals surface area contributed by atoms with Crippen LogP contribution < -0.4 is 0 Å². The Morgan fingerprint density at radius 1 is 0.333 bits per heavy atom. The van der Waals surface area contributed by atoms with E-state index in [0.29, 0.717) is 0 Å². The van der Waals surface area contributed by atoms with Gasteiger partial charge in [-0.2, -0.15) is 0 Å². The standard InChI is InChI=1S/C38H25Br/c39-38-22-21-32(27-37(38)33-18-10-13-29(23-33)20-19-28-11-4-1-5-12-28)36-25-34(30-14-6-2-7-15-30)24-35(26-36)31-16-8-3-9-17-31/h1-18,21-27H. The molecule has 1 heteroatoms. The molecule has 0 saturated carbocycles. The lowest BCUT2D eigenvalue weighted by molar-refractivity contribution is 1.53. The van der Waals surface area contributed by atoms with Crippen molar-refractivity contribution in [1.29, 1.82) is 0 Å². The summed E-state index contributed by atoms with van der Waals surface area (Å²) in [7, 11) is 0. The summed E-state index contributed by atoms with van der Waals surface area (Å²) in [5.41, 5.74) is 11.5. The molecule has 0 atom stereocenters. The van der Waals surface area contributed by atoms with E-state index >= 15 is 0 Å². The molecule has 0 amide bonds. The first-order valence-electron chi connectivity index (χ1n) is 13.0. The molecular weight excluding hydrogens is 536 g/mol. The predicted octanol–water partition coefficient (Wildman–Crippen LogP) is 10.5. The Hall–Kier alpha value is -4.64. The maximum Gasteiger partial charge on any atom is 0.0255 e. The average molecular weight is 562 g/mol. The van der Waals surface area contributed by atoms with E-state index in [0.717, 1.165) is 26.7 Å². The second kappa shape index (κ2) is 11.4. The van der Waals surface area contributed by atoms with Gasteiger partial charge in [-0.1, -0.05) is 125 Å². The lowest BCUT2D eigenvalue weighted by atomic mass is 9.92. The van der Waals surface area contributed by atoms with E-state index in [9.17, 15) is 0 Å². The van der Waals surface area contributed by atoms with Gasteiger partial charge >= 0.3 is 0 Å². The summed E-state index contributed by atoms with van der Waals surface area (Å²) in [4.78, 5) is 0. The molecule has 184 valence electrons. The minimum absolute atomic E-state index is 0.992. The maximum absolute atomic E-state index is 3.81. The predicted molar refractivity (Wildman–Crippen MR) is 168 cm³/mol. The summed E-state index contributed by atoms with van der Waals surface area (Å²) in [6.45, 7) is 0. The second-order valence-electron chi connectivity index (χ2n) is 9.42. The van der Waals surface area contributed by atoms with Crippen molar-refractivity contribution in [2.75, 3.05) is 0 Å². The van der Waals surface area contributed by atoms with Crippen molar-refractivity contribution in [1.82, 2.24) is 0 Å². The number of rotatable bonds is 4. The van der Waals surface area contributed by atoms with Crippen molar-refractivity contribution < 1.29 is 0 Å². The Morgan fingerprint density at radius 2 is 0.821 bits per heavy atom. The molecule has 0 fully saturated rings. The van der Waals surface area contributed by atoms with Crippen LogP contribution in [0.5, 0.6) is 0 Å². The number of hydrogen-bond donors (Lipinski definition) is 0. The van der Waals surface area contributed by atoms with Crippen molar-refractivity contribution in [3.8, 4) is 56.3 Å². The molecule has 0 bridgehead atoms. The van der Waals surface area contributed by atoms with Gasteiger partial charge in [-0.25, -0.2) is 0 Å². The third kappa shape index (κ3) is 5.78. The van der Waals surface area contributed by atoms with E-state index < -0.39 is 0 Å². The van der Waals surface area contributed by atoms with Crippen LogP contribution in [0, 0.1) is 11.8 Å². The average Bonchev–Trinajstić information content (AvgIpc) is 3.01. The first-order valence-corrected chi connectivity index (χ1v) is 13.8. The van der Waals surface area contributed by atoms with Gasteiger partial charge in [0.1, 0.15) is 0 Å². The van der Waals surface area contributed by atoms with Crippen LogP contribution in [-0.2, 0) is 0 Å². The zero-order valence-electron chi connectivity index (χ0n) is 21.3. The number of halogens is 1. The molecule has 39 heavy (non-hydrogen) atoms. The Labute approximate surface area is 238 Å². The molecule has 0 heterocycles. The first kappa shape index (κ1) is 24.7. The molecule has 0 radical (unpaired) electrons. The molecule has 0 unspecified atom stereocenters. The van der Waals surface area contributed by atoms with E-state index in [4.69, 9.17) is 0 Å². The highest BCUT2D eigenvalue weighted by molar-refractivity contribution is 9.10. The van der Waals surface area contributed by atoms with Crippen LogP contribution in [-0.4, -0.2) is 0 Å². The monoisotopic (exact) mass is 560 g/mol. The highest BCUT2D eigenvalue weighted by Gasteiger charge is 2.11. The van der Waals surface area contributed by atoms with Crippen molar-refractivity contribution in [2.24, 2.45) is 0 Å².